The molecule has 0 unspecified atom stereocenters. The Kier molecular flexibility index (Phi) is 4.51. The SMILES string of the molecule is O=C(NNc1cccc2[nH]ccc12)OCc1ccc(C(F)(F)F)cc1. The maximum Gasteiger partial charge on any atom is 0.426 e. The summed E-state index contributed by atoms with van der Waals surface area (Å²) in [5, 5.41) is 0.894. The maximum atomic E-state index is 12.5. The molecule has 1 aromatic heterocycles. The first-order valence-electron chi connectivity index (χ1n) is 7.34. The number of amides is 1. The van der Waals surface area contributed by atoms with E-state index < -0.39 is 17.8 Å². The predicted molar refractivity (Wildman–Crippen MR) is 86.7 cm³/mol. The number of rotatable bonds is 4. The first-order valence-corrected chi connectivity index (χ1v) is 7.34. The second kappa shape index (κ2) is 6.76. The van der Waals surface area contributed by atoms with Gasteiger partial charge in [-0.1, -0.05) is 18.2 Å². The number of alkyl halides is 3. The van der Waals surface area contributed by atoms with Gasteiger partial charge in [-0.15, -0.1) is 0 Å². The number of hydrogen-bond acceptors (Lipinski definition) is 3. The Bertz CT molecular complexity index is 873. The Morgan fingerprint density at radius 2 is 1.84 bits per heavy atom. The largest absolute Gasteiger partial charge is 0.443 e. The molecule has 0 aliphatic carbocycles. The fraction of sp³-hybridized carbons (Fsp3) is 0.118. The van der Waals surface area contributed by atoms with Gasteiger partial charge in [0.1, 0.15) is 6.61 Å². The molecular weight excluding hydrogens is 335 g/mol. The molecule has 25 heavy (non-hydrogen) atoms. The van der Waals surface area contributed by atoms with Gasteiger partial charge in [0.25, 0.3) is 0 Å². The molecule has 1 amide bonds. The topological polar surface area (TPSA) is 66.2 Å². The molecule has 0 saturated heterocycles. The van der Waals surface area contributed by atoms with Crippen LogP contribution in [0.1, 0.15) is 11.1 Å². The molecule has 3 rings (SSSR count). The number of hydrazine groups is 1. The number of aromatic amines is 1. The van der Waals surface area contributed by atoms with Gasteiger partial charge in [0.2, 0.25) is 0 Å². The molecule has 0 aliphatic heterocycles. The summed E-state index contributed by atoms with van der Waals surface area (Å²) in [6.07, 6.45) is -3.36. The first-order chi connectivity index (χ1) is 11.9. The summed E-state index contributed by atoms with van der Waals surface area (Å²) in [6.45, 7) is -0.139. The summed E-state index contributed by atoms with van der Waals surface area (Å²) < 4.78 is 42.4. The number of ether oxygens (including phenoxy) is 1. The minimum absolute atomic E-state index is 0.139. The number of carbonyl (C=O) groups is 1. The third-order valence-electron chi connectivity index (χ3n) is 3.55. The lowest BCUT2D eigenvalue weighted by Gasteiger charge is -2.11. The lowest BCUT2D eigenvalue weighted by atomic mass is 10.1. The average molecular weight is 349 g/mol. The molecule has 1 heterocycles. The number of aromatic nitrogens is 1. The van der Waals surface area contributed by atoms with Crippen LogP contribution in [-0.4, -0.2) is 11.1 Å². The molecule has 0 atom stereocenters. The Hall–Kier alpha value is -3.16. The Morgan fingerprint density at radius 3 is 2.56 bits per heavy atom. The highest BCUT2D eigenvalue weighted by Gasteiger charge is 2.29. The number of hydrogen-bond donors (Lipinski definition) is 3. The average Bonchev–Trinajstić information content (AvgIpc) is 3.07. The molecule has 130 valence electrons. The van der Waals surface area contributed by atoms with Crippen molar-refractivity contribution in [2.45, 2.75) is 12.8 Å². The quantitative estimate of drug-likeness (QED) is 0.610. The maximum absolute atomic E-state index is 12.5. The van der Waals surface area contributed by atoms with Crippen LogP contribution in [0.2, 0.25) is 0 Å². The van der Waals surface area contributed by atoms with Crippen molar-refractivity contribution in [3.8, 4) is 0 Å². The molecule has 0 fully saturated rings. The van der Waals surface area contributed by atoms with E-state index in [0.29, 0.717) is 11.3 Å². The van der Waals surface area contributed by atoms with E-state index in [1.165, 1.54) is 12.1 Å². The standard InChI is InChI=1S/C17H14F3N3O2/c18-17(19,20)12-6-4-11(5-7-12)10-25-16(24)23-22-15-3-1-2-14-13(15)8-9-21-14/h1-9,21-22H,10H2,(H,23,24). The van der Waals surface area contributed by atoms with Gasteiger partial charge in [-0.05, 0) is 35.9 Å². The van der Waals surface area contributed by atoms with Gasteiger partial charge in [-0.25, -0.2) is 10.2 Å². The lowest BCUT2D eigenvalue weighted by Crippen LogP contribution is -2.29. The van der Waals surface area contributed by atoms with Crippen LogP contribution in [0.4, 0.5) is 23.7 Å². The van der Waals surface area contributed by atoms with Gasteiger partial charge >= 0.3 is 12.3 Å². The second-order valence-electron chi connectivity index (χ2n) is 5.27. The van der Waals surface area contributed by atoms with E-state index in [0.717, 1.165) is 23.0 Å². The normalized spacial score (nSPS) is 11.3. The number of halogens is 3. The molecule has 3 N–H and O–H groups in total. The molecular formula is C17H14F3N3O2. The van der Waals surface area contributed by atoms with Crippen molar-refractivity contribution in [1.29, 1.82) is 0 Å². The van der Waals surface area contributed by atoms with E-state index in [1.54, 1.807) is 12.3 Å². The molecule has 8 heteroatoms. The zero-order valence-corrected chi connectivity index (χ0v) is 12.9. The summed E-state index contributed by atoms with van der Waals surface area (Å²) in [6, 6.07) is 11.8. The van der Waals surface area contributed by atoms with E-state index in [1.807, 2.05) is 18.2 Å². The van der Waals surface area contributed by atoms with Gasteiger partial charge in [0.15, 0.2) is 0 Å². The summed E-state index contributed by atoms with van der Waals surface area (Å²) in [5.74, 6) is 0. The number of carbonyl (C=O) groups excluding carboxylic acids is 1. The van der Waals surface area contributed by atoms with Crippen LogP contribution in [-0.2, 0) is 17.5 Å². The van der Waals surface area contributed by atoms with E-state index in [4.69, 9.17) is 4.74 Å². The van der Waals surface area contributed by atoms with Gasteiger partial charge in [0, 0.05) is 17.1 Å². The highest BCUT2D eigenvalue weighted by atomic mass is 19.4. The molecule has 3 aromatic rings. The lowest BCUT2D eigenvalue weighted by molar-refractivity contribution is -0.137. The number of fused-ring (bicyclic) bond motifs is 1. The third kappa shape index (κ3) is 4.03. The Balaban J connectivity index is 1.52. The van der Waals surface area contributed by atoms with Crippen molar-refractivity contribution in [3.63, 3.8) is 0 Å². The molecule has 5 nitrogen and oxygen atoms in total. The number of anilines is 1. The third-order valence-corrected chi connectivity index (χ3v) is 3.55. The van der Waals surface area contributed by atoms with E-state index in [2.05, 4.69) is 15.8 Å². The number of benzene rings is 2. The van der Waals surface area contributed by atoms with Gasteiger partial charge in [-0.3, -0.25) is 5.43 Å². The summed E-state index contributed by atoms with van der Waals surface area (Å²) in [5.41, 5.74) is 6.43. The summed E-state index contributed by atoms with van der Waals surface area (Å²) in [7, 11) is 0. The number of nitrogens with one attached hydrogen (secondary N) is 3. The van der Waals surface area contributed by atoms with Crippen LogP contribution in [0, 0.1) is 0 Å². The highest BCUT2D eigenvalue weighted by Crippen LogP contribution is 2.29. The van der Waals surface area contributed by atoms with Crippen molar-refractivity contribution in [2.24, 2.45) is 0 Å². The van der Waals surface area contributed by atoms with Crippen molar-refractivity contribution in [2.75, 3.05) is 5.43 Å². The fourth-order valence-electron chi connectivity index (χ4n) is 2.29. The van der Waals surface area contributed by atoms with Gasteiger partial charge in [0.05, 0.1) is 11.3 Å². The highest BCUT2D eigenvalue weighted by molar-refractivity contribution is 5.92. The van der Waals surface area contributed by atoms with Crippen molar-refractivity contribution in [1.82, 2.24) is 10.4 Å². The number of H-pyrrole nitrogens is 1. The van der Waals surface area contributed by atoms with Crippen LogP contribution >= 0.6 is 0 Å². The molecule has 2 aromatic carbocycles. The smallest absolute Gasteiger partial charge is 0.426 e. The van der Waals surface area contributed by atoms with Crippen molar-refractivity contribution in [3.05, 3.63) is 65.9 Å². The molecule has 0 aliphatic rings. The van der Waals surface area contributed by atoms with Gasteiger partial charge < -0.3 is 9.72 Å². The van der Waals surface area contributed by atoms with Crippen LogP contribution < -0.4 is 10.9 Å². The predicted octanol–water partition coefficient (Wildman–Crippen LogP) is 4.44. The van der Waals surface area contributed by atoms with E-state index in [9.17, 15) is 18.0 Å². The molecule has 0 saturated carbocycles. The van der Waals surface area contributed by atoms with Crippen LogP contribution in [0.3, 0.4) is 0 Å². The van der Waals surface area contributed by atoms with E-state index in [-0.39, 0.29) is 6.61 Å². The minimum atomic E-state index is -4.39. The van der Waals surface area contributed by atoms with Crippen molar-refractivity contribution >= 4 is 22.7 Å². The van der Waals surface area contributed by atoms with Crippen LogP contribution in [0.15, 0.2) is 54.7 Å². The molecule has 0 radical (unpaired) electrons. The minimum Gasteiger partial charge on any atom is -0.443 e. The fourth-order valence-corrected chi connectivity index (χ4v) is 2.29. The second-order valence-corrected chi connectivity index (χ2v) is 5.27. The van der Waals surface area contributed by atoms with Crippen molar-refractivity contribution < 1.29 is 22.7 Å². The van der Waals surface area contributed by atoms with Crippen LogP contribution in [0.25, 0.3) is 10.9 Å². The first kappa shape index (κ1) is 16.7. The molecule has 0 spiro atoms. The summed E-state index contributed by atoms with van der Waals surface area (Å²) >= 11 is 0. The van der Waals surface area contributed by atoms with Gasteiger partial charge in [-0.2, -0.15) is 13.2 Å². The Labute approximate surface area is 140 Å². The zero-order chi connectivity index (χ0) is 17.9. The van der Waals surface area contributed by atoms with Crippen LogP contribution in [0.5, 0.6) is 0 Å². The zero-order valence-electron chi connectivity index (χ0n) is 12.9. The summed E-state index contributed by atoms with van der Waals surface area (Å²) in [4.78, 5) is 14.8. The Morgan fingerprint density at radius 1 is 1.08 bits per heavy atom. The van der Waals surface area contributed by atoms with E-state index >= 15 is 0 Å². The monoisotopic (exact) mass is 349 g/mol. The molecule has 0 bridgehead atoms.